The summed E-state index contributed by atoms with van der Waals surface area (Å²) in [6.45, 7) is 1.69. The molecule has 1 unspecified atom stereocenters. The highest BCUT2D eigenvalue weighted by atomic mass is 16.5. The first-order valence-corrected chi connectivity index (χ1v) is 5.53. The fourth-order valence-electron chi connectivity index (χ4n) is 1.70. The number of carbonyl (C=O) groups excluding carboxylic acids is 2. The first kappa shape index (κ1) is 12.9. The van der Waals surface area contributed by atoms with Crippen molar-refractivity contribution in [3.05, 3.63) is 0 Å². The van der Waals surface area contributed by atoms with Crippen LogP contribution >= 0.6 is 0 Å². The van der Waals surface area contributed by atoms with Crippen LogP contribution in [-0.2, 0) is 14.3 Å². The van der Waals surface area contributed by atoms with Crippen LogP contribution in [0.5, 0.6) is 0 Å². The molecule has 1 aliphatic heterocycles. The van der Waals surface area contributed by atoms with Crippen LogP contribution in [0.2, 0.25) is 0 Å². The third-order valence-corrected chi connectivity index (χ3v) is 2.62. The Morgan fingerprint density at radius 1 is 1.38 bits per heavy atom. The molecule has 0 saturated carbocycles. The van der Waals surface area contributed by atoms with E-state index in [0.29, 0.717) is 26.1 Å². The fraction of sp³-hybridized carbons (Fsp3) is 0.800. The number of carbonyl (C=O) groups is 2. The van der Waals surface area contributed by atoms with Crippen LogP contribution < -0.4 is 11.5 Å². The monoisotopic (exact) mass is 229 g/mol. The molecule has 0 bridgehead atoms. The molecule has 2 amide bonds. The van der Waals surface area contributed by atoms with Gasteiger partial charge in [0, 0.05) is 13.0 Å². The van der Waals surface area contributed by atoms with Crippen molar-refractivity contribution in [2.45, 2.75) is 25.3 Å². The van der Waals surface area contributed by atoms with Gasteiger partial charge >= 0.3 is 0 Å². The number of ether oxygens (including phenoxy) is 1. The lowest BCUT2D eigenvalue weighted by Crippen LogP contribution is -2.54. The minimum Gasteiger partial charge on any atom is -0.377 e. The van der Waals surface area contributed by atoms with Gasteiger partial charge in [-0.25, -0.2) is 0 Å². The van der Waals surface area contributed by atoms with Crippen LogP contribution in [0.25, 0.3) is 0 Å². The number of nitrogens with two attached hydrogens (primary N) is 2. The van der Waals surface area contributed by atoms with Crippen LogP contribution in [0.1, 0.15) is 19.3 Å². The van der Waals surface area contributed by atoms with Crippen molar-refractivity contribution in [3.63, 3.8) is 0 Å². The number of morpholine rings is 1. The van der Waals surface area contributed by atoms with Crippen molar-refractivity contribution < 1.29 is 14.3 Å². The molecule has 4 N–H and O–H groups in total. The molecule has 92 valence electrons. The molecular formula is C10H19N3O3. The minimum atomic E-state index is -0.612. The second kappa shape index (κ2) is 6.44. The third-order valence-electron chi connectivity index (χ3n) is 2.62. The molecule has 0 aliphatic carbocycles. The zero-order chi connectivity index (χ0) is 12.0. The molecule has 6 nitrogen and oxygen atoms in total. The molecule has 1 rings (SSSR count). The zero-order valence-electron chi connectivity index (χ0n) is 9.35. The quantitative estimate of drug-likeness (QED) is 0.580. The van der Waals surface area contributed by atoms with Crippen LogP contribution in [0.15, 0.2) is 0 Å². The van der Waals surface area contributed by atoms with Crippen LogP contribution in [0, 0.1) is 0 Å². The lowest BCUT2D eigenvalue weighted by atomic mass is 10.1. The van der Waals surface area contributed by atoms with Gasteiger partial charge in [-0.3, -0.25) is 9.59 Å². The first-order chi connectivity index (χ1) is 7.66. The van der Waals surface area contributed by atoms with Crippen molar-refractivity contribution in [2.75, 3.05) is 26.3 Å². The molecule has 6 heteroatoms. The highest BCUT2D eigenvalue weighted by Gasteiger charge is 2.30. The molecule has 16 heavy (non-hydrogen) atoms. The summed E-state index contributed by atoms with van der Waals surface area (Å²) in [6, 6.07) is -0.612. The summed E-state index contributed by atoms with van der Waals surface area (Å²) < 4.78 is 5.13. The van der Waals surface area contributed by atoms with Crippen LogP contribution in [0.4, 0.5) is 0 Å². The smallest absolute Gasteiger partial charge is 0.242 e. The molecule has 0 aromatic carbocycles. The number of hydrogen-bond acceptors (Lipinski definition) is 4. The van der Waals surface area contributed by atoms with Crippen LogP contribution in [0.3, 0.4) is 0 Å². The molecule has 0 aromatic heterocycles. The standard InChI is InChI=1S/C10H19N3O3/c11-4-2-1-3-9(14)13-5-6-16-7-8(13)10(12)15/h8H,1-7,11H2,(H2,12,15). The molecule has 1 heterocycles. The summed E-state index contributed by atoms with van der Waals surface area (Å²) in [5.74, 6) is -0.549. The predicted octanol–water partition coefficient (Wildman–Crippen LogP) is -1.17. The first-order valence-electron chi connectivity index (χ1n) is 5.53. The van der Waals surface area contributed by atoms with E-state index in [1.807, 2.05) is 0 Å². The Morgan fingerprint density at radius 3 is 2.75 bits per heavy atom. The topological polar surface area (TPSA) is 98.7 Å². The van der Waals surface area contributed by atoms with Crippen LogP contribution in [-0.4, -0.2) is 49.1 Å². The molecule has 1 fully saturated rings. The lowest BCUT2D eigenvalue weighted by Gasteiger charge is -2.33. The number of primary amides is 1. The van der Waals surface area contributed by atoms with Crippen molar-refractivity contribution >= 4 is 11.8 Å². The highest BCUT2D eigenvalue weighted by Crippen LogP contribution is 2.10. The molecule has 1 saturated heterocycles. The van der Waals surface area contributed by atoms with Gasteiger partial charge in [-0.05, 0) is 19.4 Å². The van der Waals surface area contributed by atoms with Gasteiger partial charge in [0.05, 0.1) is 13.2 Å². The second-order valence-electron chi connectivity index (χ2n) is 3.83. The normalized spacial score (nSPS) is 20.8. The summed E-state index contributed by atoms with van der Waals surface area (Å²) >= 11 is 0. The van der Waals surface area contributed by atoms with Gasteiger partial charge in [0.1, 0.15) is 6.04 Å². The van der Waals surface area contributed by atoms with Gasteiger partial charge in [0.25, 0.3) is 0 Å². The van der Waals surface area contributed by atoms with E-state index in [4.69, 9.17) is 16.2 Å². The van der Waals surface area contributed by atoms with Crippen molar-refractivity contribution in [1.29, 1.82) is 0 Å². The van der Waals surface area contributed by atoms with E-state index in [1.54, 1.807) is 0 Å². The average Bonchev–Trinajstić information content (AvgIpc) is 2.29. The maximum absolute atomic E-state index is 11.8. The molecule has 0 aromatic rings. The summed E-state index contributed by atoms with van der Waals surface area (Å²) in [5.41, 5.74) is 10.6. The third kappa shape index (κ3) is 3.46. The Morgan fingerprint density at radius 2 is 2.12 bits per heavy atom. The minimum absolute atomic E-state index is 0.0412. The molecule has 1 aliphatic rings. The van der Waals surface area contributed by atoms with Gasteiger partial charge in [0.15, 0.2) is 0 Å². The maximum Gasteiger partial charge on any atom is 0.242 e. The van der Waals surface area contributed by atoms with Gasteiger partial charge < -0.3 is 21.1 Å². The van der Waals surface area contributed by atoms with E-state index in [2.05, 4.69) is 0 Å². The Labute approximate surface area is 94.9 Å². The van der Waals surface area contributed by atoms with E-state index in [-0.39, 0.29) is 12.5 Å². The predicted molar refractivity (Wildman–Crippen MR) is 58.4 cm³/mol. The zero-order valence-corrected chi connectivity index (χ0v) is 9.35. The Kier molecular flexibility index (Phi) is 5.21. The SMILES string of the molecule is NCCCCC(=O)N1CCOCC1C(N)=O. The summed E-state index contributed by atoms with van der Waals surface area (Å²) in [7, 11) is 0. The Hall–Kier alpha value is -1.14. The van der Waals surface area contributed by atoms with E-state index in [9.17, 15) is 9.59 Å². The summed E-state index contributed by atoms with van der Waals surface area (Å²) in [4.78, 5) is 24.5. The average molecular weight is 229 g/mol. The van der Waals surface area contributed by atoms with E-state index in [1.165, 1.54) is 4.90 Å². The molecular weight excluding hydrogens is 210 g/mol. The van der Waals surface area contributed by atoms with E-state index < -0.39 is 11.9 Å². The number of amides is 2. The highest BCUT2D eigenvalue weighted by molar-refractivity contribution is 5.86. The number of unbranched alkanes of at least 4 members (excludes halogenated alkanes) is 1. The van der Waals surface area contributed by atoms with Gasteiger partial charge in [0.2, 0.25) is 11.8 Å². The number of hydrogen-bond donors (Lipinski definition) is 2. The van der Waals surface area contributed by atoms with E-state index >= 15 is 0 Å². The van der Waals surface area contributed by atoms with Gasteiger partial charge in [-0.15, -0.1) is 0 Å². The van der Waals surface area contributed by atoms with Gasteiger partial charge in [-0.2, -0.15) is 0 Å². The van der Waals surface area contributed by atoms with Crippen molar-refractivity contribution in [1.82, 2.24) is 4.90 Å². The molecule has 0 spiro atoms. The summed E-state index contributed by atoms with van der Waals surface area (Å²) in [5, 5.41) is 0. The molecule has 0 radical (unpaired) electrons. The Bertz CT molecular complexity index is 258. The largest absolute Gasteiger partial charge is 0.377 e. The number of nitrogens with zero attached hydrogens (tertiary/aromatic N) is 1. The van der Waals surface area contributed by atoms with Crippen molar-refractivity contribution in [3.8, 4) is 0 Å². The maximum atomic E-state index is 11.8. The van der Waals surface area contributed by atoms with E-state index in [0.717, 1.165) is 12.8 Å². The second-order valence-corrected chi connectivity index (χ2v) is 3.83. The van der Waals surface area contributed by atoms with Gasteiger partial charge in [-0.1, -0.05) is 0 Å². The number of rotatable bonds is 5. The summed E-state index contributed by atoms with van der Waals surface area (Å²) in [6.07, 6.45) is 1.98. The van der Waals surface area contributed by atoms with Crippen molar-refractivity contribution in [2.24, 2.45) is 11.5 Å². The Balaban J connectivity index is 2.47. The fourth-order valence-corrected chi connectivity index (χ4v) is 1.70. The molecule has 1 atom stereocenters. The lowest BCUT2D eigenvalue weighted by molar-refractivity contribution is -0.147.